The molecule has 0 spiro atoms. The largest absolute Gasteiger partial charge is 0.458 e. The summed E-state index contributed by atoms with van der Waals surface area (Å²) in [7, 11) is 1.52. The van der Waals surface area contributed by atoms with Gasteiger partial charge in [-0.1, -0.05) is 13.0 Å². The maximum absolute atomic E-state index is 13.3. The molecule has 0 bridgehead atoms. The normalized spacial score (nSPS) is 16.4. The van der Waals surface area contributed by atoms with Gasteiger partial charge >= 0.3 is 12.1 Å². The van der Waals surface area contributed by atoms with Crippen molar-refractivity contribution in [2.45, 2.75) is 25.6 Å². The third-order valence-corrected chi connectivity index (χ3v) is 3.74. The lowest BCUT2D eigenvalue weighted by molar-refractivity contribution is -0.141. The summed E-state index contributed by atoms with van der Waals surface area (Å²) in [5.74, 6) is -0.488. The summed E-state index contributed by atoms with van der Waals surface area (Å²) >= 11 is 0. The summed E-state index contributed by atoms with van der Waals surface area (Å²) in [6.07, 6.45) is -4.00. The molecular weight excluding hydrogens is 325 g/mol. The highest BCUT2D eigenvalue weighted by Crippen LogP contribution is 2.35. The van der Waals surface area contributed by atoms with Crippen LogP contribution in [0.1, 0.15) is 24.5 Å². The first-order valence-electron chi connectivity index (χ1n) is 7.52. The van der Waals surface area contributed by atoms with E-state index in [-0.39, 0.29) is 31.5 Å². The number of methoxy groups -OCH3 is 1. The van der Waals surface area contributed by atoms with Gasteiger partial charge in [-0.05, 0) is 24.1 Å². The number of nitrogens with zero attached hydrogens (tertiary/aromatic N) is 1. The third kappa shape index (κ3) is 4.47. The Balaban J connectivity index is 2.27. The number of carbonyl (C=O) groups excluding carboxylic acids is 1. The Hall–Kier alpha value is -2.09. The second kappa shape index (κ2) is 7.65. The van der Waals surface area contributed by atoms with Gasteiger partial charge in [0.25, 0.3) is 0 Å². The van der Waals surface area contributed by atoms with Crippen LogP contribution in [0.2, 0.25) is 0 Å². The van der Waals surface area contributed by atoms with Gasteiger partial charge in [0.15, 0.2) is 0 Å². The van der Waals surface area contributed by atoms with Crippen molar-refractivity contribution in [3.8, 4) is 0 Å². The Morgan fingerprint density at radius 2 is 2.17 bits per heavy atom. The van der Waals surface area contributed by atoms with E-state index in [0.29, 0.717) is 17.7 Å². The molecule has 1 aromatic rings. The van der Waals surface area contributed by atoms with Crippen molar-refractivity contribution in [1.29, 1.82) is 0 Å². The number of alkyl halides is 3. The first-order chi connectivity index (χ1) is 11.3. The molecule has 1 aliphatic heterocycles. The molecule has 8 heteroatoms. The molecular formula is C16H19F3N2O3. The number of halogens is 3. The molecule has 132 valence electrons. The van der Waals surface area contributed by atoms with E-state index in [1.807, 2.05) is 6.92 Å². The van der Waals surface area contributed by atoms with E-state index in [0.717, 1.165) is 6.07 Å². The minimum atomic E-state index is -4.51. The first kappa shape index (κ1) is 18.3. The fourth-order valence-electron chi connectivity index (χ4n) is 2.31. The van der Waals surface area contributed by atoms with Crippen LogP contribution in [0, 0.1) is 0 Å². The van der Waals surface area contributed by atoms with Crippen LogP contribution < -0.4 is 5.32 Å². The van der Waals surface area contributed by atoms with Crippen molar-refractivity contribution in [2.75, 3.05) is 32.1 Å². The van der Waals surface area contributed by atoms with Crippen LogP contribution in [-0.2, 0) is 20.4 Å². The number of cyclic esters (lactones) is 1. The summed E-state index contributed by atoms with van der Waals surface area (Å²) in [6.45, 7) is 1.87. The minimum Gasteiger partial charge on any atom is -0.458 e. The maximum atomic E-state index is 13.3. The number of rotatable bonds is 6. The summed E-state index contributed by atoms with van der Waals surface area (Å²) in [5, 5.41) is 2.79. The number of carbonyl (C=O) groups is 1. The lowest BCUT2D eigenvalue weighted by Crippen LogP contribution is -2.25. The quantitative estimate of drug-likeness (QED) is 0.806. The predicted octanol–water partition coefficient (Wildman–Crippen LogP) is 2.89. The molecule has 0 aliphatic carbocycles. The predicted molar refractivity (Wildman–Crippen MR) is 83.4 cm³/mol. The molecule has 0 saturated carbocycles. The molecule has 0 amide bonds. The smallest absolute Gasteiger partial charge is 0.418 e. The van der Waals surface area contributed by atoms with Crippen LogP contribution in [0.15, 0.2) is 23.2 Å². The van der Waals surface area contributed by atoms with Gasteiger partial charge in [-0.15, -0.1) is 0 Å². The zero-order chi connectivity index (χ0) is 17.7. The SMILES string of the molecule is CCC(CNc1ccc(C2=NCC(=O)OC2)cc1C(F)(F)F)OC. The Labute approximate surface area is 137 Å². The monoisotopic (exact) mass is 344 g/mol. The van der Waals surface area contributed by atoms with Gasteiger partial charge in [-0.2, -0.15) is 13.2 Å². The van der Waals surface area contributed by atoms with Gasteiger partial charge in [0.2, 0.25) is 0 Å². The number of hydrogen-bond donors (Lipinski definition) is 1. The molecule has 1 atom stereocenters. The Bertz CT molecular complexity index is 625. The number of benzene rings is 1. The molecule has 2 rings (SSSR count). The molecule has 1 unspecified atom stereocenters. The van der Waals surface area contributed by atoms with E-state index in [2.05, 4.69) is 10.3 Å². The van der Waals surface area contributed by atoms with E-state index < -0.39 is 17.7 Å². The van der Waals surface area contributed by atoms with E-state index in [9.17, 15) is 18.0 Å². The fraction of sp³-hybridized carbons (Fsp3) is 0.500. The van der Waals surface area contributed by atoms with Gasteiger partial charge in [0.05, 0.1) is 17.4 Å². The van der Waals surface area contributed by atoms with E-state index in [1.54, 1.807) is 0 Å². The topological polar surface area (TPSA) is 59.9 Å². The summed E-state index contributed by atoms with van der Waals surface area (Å²) in [6, 6.07) is 3.91. The van der Waals surface area contributed by atoms with Crippen molar-refractivity contribution >= 4 is 17.4 Å². The van der Waals surface area contributed by atoms with Crippen molar-refractivity contribution < 1.29 is 27.4 Å². The highest BCUT2D eigenvalue weighted by atomic mass is 19.4. The van der Waals surface area contributed by atoms with Gasteiger partial charge in [-0.3, -0.25) is 9.79 Å². The summed E-state index contributed by atoms with van der Waals surface area (Å²) < 4.78 is 50.0. The van der Waals surface area contributed by atoms with E-state index in [4.69, 9.17) is 9.47 Å². The van der Waals surface area contributed by atoms with Crippen LogP contribution >= 0.6 is 0 Å². The number of anilines is 1. The molecule has 1 heterocycles. The average Bonchev–Trinajstić information content (AvgIpc) is 2.56. The van der Waals surface area contributed by atoms with Crippen LogP contribution in [0.25, 0.3) is 0 Å². The highest BCUT2D eigenvalue weighted by Gasteiger charge is 2.34. The summed E-state index contributed by atoms with van der Waals surface area (Å²) in [4.78, 5) is 15.0. The first-order valence-corrected chi connectivity index (χ1v) is 7.52. The lowest BCUT2D eigenvalue weighted by atomic mass is 10.0. The molecule has 24 heavy (non-hydrogen) atoms. The zero-order valence-corrected chi connectivity index (χ0v) is 13.4. The number of esters is 1. The van der Waals surface area contributed by atoms with Crippen LogP contribution in [0.3, 0.4) is 0 Å². The molecule has 0 radical (unpaired) electrons. The van der Waals surface area contributed by atoms with Crippen LogP contribution in [0.5, 0.6) is 0 Å². The third-order valence-electron chi connectivity index (χ3n) is 3.74. The number of nitrogens with one attached hydrogen (secondary N) is 1. The van der Waals surface area contributed by atoms with Gasteiger partial charge in [-0.25, -0.2) is 0 Å². The maximum Gasteiger partial charge on any atom is 0.418 e. The Kier molecular flexibility index (Phi) is 5.82. The second-order valence-corrected chi connectivity index (χ2v) is 5.33. The standard InChI is InChI=1S/C16H19F3N2O3/c1-3-11(23-2)7-20-13-5-4-10(6-12(13)16(17,18)19)14-9-24-15(22)8-21-14/h4-6,11,20H,3,7-9H2,1-2H3. The lowest BCUT2D eigenvalue weighted by Gasteiger charge is -2.20. The van der Waals surface area contributed by atoms with Crippen molar-refractivity contribution in [3.63, 3.8) is 0 Å². The summed E-state index contributed by atoms with van der Waals surface area (Å²) in [5.41, 5.74) is -0.185. The van der Waals surface area contributed by atoms with Crippen molar-refractivity contribution in [1.82, 2.24) is 0 Å². The molecule has 5 nitrogen and oxygen atoms in total. The average molecular weight is 344 g/mol. The van der Waals surface area contributed by atoms with Gasteiger partial charge < -0.3 is 14.8 Å². The van der Waals surface area contributed by atoms with Crippen LogP contribution in [0.4, 0.5) is 18.9 Å². The fourth-order valence-corrected chi connectivity index (χ4v) is 2.31. The second-order valence-electron chi connectivity index (χ2n) is 5.33. The molecule has 1 N–H and O–H groups in total. The van der Waals surface area contributed by atoms with Gasteiger partial charge in [0, 0.05) is 19.3 Å². The van der Waals surface area contributed by atoms with E-state index in [1.165, 1.54) is 19.2 Å². The Morgan fingerprint density at radius 3 is 2.71 bits per heavy atom. The Morgan fingerprint density at radius 1 is 1.42 bits per heavy atom. The van der Waals surface area contributed by atoms with Gasteiger partial charge in [0.1, 0.15) is 13.2 Å². The molecule has 1 aromatic carbocycles. The zero-order valence-electron chi connectivity index (χ0n) is 13.4. The number of ether oxygens (including phenoxy) is 2. The minimum absolute atomic E-state index is 0.0184. The van der Waals surface area contributed by atoms with Crippen molar-refractivity contribution in [2.24, 2.45) is 4.99 Å². The van der Waals surface area contributed by atoms with E-state index >= 15 is 0 Å². The van der Waals surface area contributed by atoms with Crippen LogP contribution in [-0.4, -0.2) is 44.6 Å². The molecule has 1 aliphatic rings. The molecule has 0 saturated heterocycles. The highest BCUT2D eigenvalue weighted by molar-refractivity contribution is 6.04. The molecule has 0 aromatic heterocycles. The number of aliphatic imine (C=N–C) groups is 1. The molecule has 0 fully saturated rings. The number of hydrogen-bond acceptors (Lipinski definition) is 5. The van der Waals surface area contributed by atoms with Crippen molar-refractivity contribution in [3.05, 3.63) is 29.3 Å².